The molecule has 20 heavy (non-hydrogen) atoms. The molecular weight excluding hydrogens is 258 g/mol. The number of aryl methyl sites for hydroxylation is 1. The number of nitrogens with zero attached hydrogens (tertiary/aromatic N) is 1. The van der Waals surface area contributed by atoms with Gasteiger partial charge in [-0.2, -0.15) is 0 Å². The summed E-state index contributed by atoms with van der Waals surface area (Å²) in [5.74, 6) is 1.87. The Morgan fingerprint density at radius 1 is 1.20 bits per heavy atom. The van der Waals surface area contributed by atoms with Gasteiger partial charge in [0.25, 0.3) is 0 Å². The van der Waals surface area contributed by atoms with E-state index in [0.29, 0.717) is 29.4 Å². The minimum absolute atomic E-state index is 0.113. The summed E-state index contributed by atoms with van der Waals surface area (Å²) in [5, 5.41) is 9.40. The van der Waals surface area contributed by atoms with Crippen LogP contribution in [0.4, 0.5) is 0 Å². The number of aliphatic hydroxyl groups is 1. The van der Waals surface area contributed by atoms with Gasteiger partial charge in [-0.3, -0.25) is 4.98 Å². The Kier molecular flexibility index (Phi) is 3.43. The van der Waals surface area contributed by atoms with E-state index in [1.165, 1.54) is 0 Å². The molecule has 5 nitrogen and oxygen atoms in total. The Hall–Kier alpha value is -2.27. The Labute approximate surface area is 116 Å². The van der Waals surface area contributed by atoms with Crippen LogP contribution in [-0.2, 0) is 13.2 Å². The van der Waals surface area contributed by atoms with Crippen molar-refractivity contribution < 1.29 is 19.3 Å². The van der Waals surface area contributed by atoms with E-state index in [0.717, 1.165) is 11.1 Å². The van der Waals surface area contributed by atoms with E-state index in [-0.39, 0.29) is 13.4 Å². The summed E-state index contributed by atoms with van der Waals surface area (Å²) >= 11 is 0. The minimum atomic E-state index is -0.113. The zero-order chi connectivity index (χ0) is 13.9. The van der Waals surface area contributed by atoms with Crippen LogP contribution in [0.15, 0.2) is 30.6 Å². The van der Waals surface area contributed by atoms with Gasteiger partial charge in [-0.1, -0.05) is 0 Å². The molecule has 1 aliphatic heterocycles. The van der Waals surface area contributed by atoms with Gasteiger partial charge >= 0.3 is 0 Å². The second-order valence-corrected chi connectivity index (χ2v) is 4.63. The summed E-state index contributed by atoms with van der Waals surface area (Å²) in [5.41, 5.74) is 2.74. The molecule has 0 atom stereocenters. The first-order valence-corrected chi connectivity index (χ1v) is 6.33. The van der Waals surface area contributed by atoms with Gasteiger partial charge in [-0.25, -0.2) is 0 Å². The number of rotatable bonds is 4. The number of benzene rings is 1. The van der Waals surface area contributed by atoms with Crippen LogP contribution >= 0.6 is 0 Å². The molecule has 0 unspecified atom stereocenters. The Morgan fingerprint density at radius 2 is 2.00 bits per heavy atom. The highest BCUT2D eigenvalue weighted by Crippen LogP contribution is 2.38. The number of hydrogen-bond donors (Lipinski definition) is 1. The lowest BCUT2D eigenvalue weighted by Crippen LogP contribution is -2.00. The average molecular weight is 273 g/mol. The van der Waals surface area contributed by atoms with Gasteiger partial charge in [-0.05, 0) is 24.6 Å². The lowest BCUT2D eigenvalue weighted by atomic mass is 10.2. The van der Waals surface area contributed by atoms with Crippen LogP contribution in [0.1, 0.15) is 16.7 Å². The van der Waals surface area contributed by atoms with Crippen molar-refractivity contribution in [2.45, 2.75) is 20.1 Å². The molecule has 0 fully saturated rings. The maximum Gasteiger partial charge on any atom is 0.231 e. The number of hydrogen-bond acceptors (Lipinski definition) is 5. The fraction of sp³-hybridized carbons (Fsp3) is 0.267. The first-order valence-electron chi connectivity index (χ1n) is 6.33. The first-order chi connectivity index (χ1) is 9.76. The smallest absolute Gasteiger partial charge is 0.231 e. The highest BCUT2D eigenvalue weighted by Gasteiger charge is 2.17. The summed E-state index contributed by atoms with van der Waals surface area (Å²) in [6.07, 6.45) is 3.56. The van der Waals surface area contributed by atoms with E-state index in [9.17, 15) is 5.11 Å². The lowest BCUT2D eigenvalue weighted by Gasteiger charge is -2.11. The lowest BCUT2D eigenvalue weighted by molar-refractivity contribution is 0.173. The summed E-state index contributed by atoms with van der Waals surface area (Å²) in [6, 6.07) is 5.50. The van der Waals surface area contributed by atoms with Gasteiger partial charge in [0, 0.05) is 29.6 Å². The molecule has 3 rings (SSSR count). The fourth-order valence-electron chi connectivity index (χ4n) is 2.08. The second-order valence-electron chi connectivity index (χ2n) is 4.63. The van der Waals surface area contributed by atoms with Gasteiger partial charge in [0.2, 0.25) is 6.79 Å². The third-order valence-corrected chi connectivity index (χ3v) is 3.05. The molecule has 5 heteroatoms. The molecule has 1 aromatic heterocycles. The summed E-state index contributed by atoms with van der Waals surface area (Å²) < 4.78 is 16.3. The predicted molar refractivity (Wildman–Crippen MR) is 71.8 cm³/mol. The van der Waals surface area contributed by atoms with E-state index >= 15 is 0 Å². The zero-order valence-electron chi connectivity index (χ0n) is 11.1. The molecule has 104 valence electrons. The molecule has 2 aromatic rings. The molecule has 2 heterocycles. The molecule has 0 spiro atoms. The quantitative estimate of drug-likeness (QED) is 0.925. The second kappa shape index (κ2) is 5.38. The van der Waals surface area contributed by atoms with Crippen LogP contribution in [-0.4, -0.2) is 16.9 Å². The van der Waals surface area contributed by atoms with Crippen LogP contribution in [0, 0.1) is 6.92 Å². The molecule has 0 aliphatic carbocycles. The van der Waals surface area contributed by atoms with E-state index in [2.05, 4.69) is 4.98 Å². The summed E-state index contributed by atoms with van der Waals surface area (Å²) in [6.45, 7) is 2.46. The third kappa shape index (κ3) is 2.53. The maximum atomic E-state index is 9.40. The monoisotopic (exact) mass is 273 g/mol. The van der Waals surface area contributed by atoms with Gasteiger partial charge in [0.1, 0.15) is 12.4 Å². The number of aliphatic hydroxyl groups excluding tert-OH is 1. The number of aromatic nitrogens is 1. The molecule has 0 saturated heterocycles. The summed E-state index contributed by atoms with van der Waals surface area (Å²) in [7, 11) is 0. The van der Waals surface area contributed by atoms with E-state index in [1.807, 2.05) is 13.0 Å². The number of ether oxygens (including phenoxy) is 3. The zero-order valence-corrected chi connectivity index (χ0v) is 11.1. The van der Waals surface area contributed by atoms with Crippen LogP contribution < -0.4 is 14.2 Å². The SMILES string of the molecule is Cc1cncc(COc2cc3c(cc2CO)OCO3)c1. The molecule has 1 aliphatic rings. The molecule has 1 aromatic carbocycles. The molecule has 0 saturated carbocycles. The molecule has 0 amide bonds. The van der Waals surface area contributed by atoms with Gasteiger partial charge in [0.15, 0.2) is 11.5 Å². The largest absolute Gasteiger partial charge is 0.488 e. The highest BCUT2D eigenvalue weighted by atomic mass is 16.7. The maximum absolute atomic E-state index is 9.40. The Morgan fingerprint density at radius 3 is 2.75 bits per heavy atom. The molecule has 1 N–H and O–H groups in total. The van der Waals surface area contributed by atoms with Gasteiger partial charge in [-0.15, -0.1) is 0 Å². The van der Waals surface area contributed by atoms with Crippen molar-refractivity contribution in [1.29, 1.82) is 0 Å². The van der Waals surface area contributed by atoms with Crippen molar-refractivity contribution in [3.05, 3.63) is 47.3 Å². The number of pyridine rings is 1. The van der Waals surface area contributed by atoms with Crippen molar-refractivity contribution in [3.63, 3.8) is 0 Å². The van der Waals surface area contributed by atoms with Crippen molar-refractivity contribution in [2.24, 2.45) is 0 Å². The highest BCUT2D eigenvalue weighted by molar-refractivity contribution is 5.51. The molecular formula is C15H15NO4. The van der Waals surface area contributed by atoms with E-state index in [4.69, 9.17) is 14.2 Å². The normalized spacial score (nSPS) is 12.5. The Balaban J connectivity index is 1.80. The number of fused-ring (bicyclic) bond motifs is 1. The van der Waals surface area contributed by atoms with Crippen molar-refractivity contribution in [3.8, 4) is 17.2 Å². The van der Waals surface area contributed by atoms with Crippen molar-refractivity contribution in [2.75, 3.05) is 6.79 Å². The molecule has 0 radical (unpaired) electrons. The Bertz CT molecular complexity index is 627. The predicted octanol–water partition coefficient (Wildman–Crippen LogP) is 2.19. The topological polar surface area (TPSA) is 60.8 Å². The summed E-state index contributed by atoms with van der Waals surface area (Å²) in [4.78, 5) is 4.12. The van der Waals surface area contributed by atoms with Crippen LogP contribution in [0.5, 0.6) is 17.2 Å². The van der Waals surface area contributed by atoms with E-state index in [1.54, 1.807) is 24.5 Å². The standard InChI is InChI=1S/C15H15NO4/c1-10-2-11(6-16-5-10)8-18-13-4-15-14(19-9-20-15)3-12(13)7-17/h2-6,17H,7-9H2,1H3. The van der Waals surface area contributed by atoms with Crippen LogP contribution in [0.25, 0.3) is 0 Å². The van der Waals surface area contributed by atoms with Crippen LogP contribution in [0.2, 0.25) is 0 Å². The van der Waals surface area contributed by atoms with Gasteiger partial charge < -0.3 is 19.3 Å². The van der Waals surface area contributed by atoms with Crippen LogP contribution in [0.3, 0.4) is 0 Å². The average Bonchev–Trinajstić information content (AvgIpc) is 2.91. The van der Waals surface area contributed by atoms with E-state index < -0.39 is 0 Å². The fourth-order valence-corrected chi connectivity index (χ4v) is 2.08. The van der Waals surface area contributed by atoms with Crippen molar-refractivity contribution in [1.82, 2.24) is 4.98 Å². The first kappa shape index (κ1) is 12.7. The third-order valence-electron chi connectivity index (χ3n) is 3.05. The van der Waals surface area contributed by atoms with Crippen molar-refractivity contribution >= 4 is 0 Å². The molecule has 0 bridgehead atoms. The minimum Gasteiger partial charge on any atom is -0.488 e. The van der Waals surface area contributed by atoms with Gasteiger partial charge in [0.05, 0.1) is 6.61 Å².